The molecule has 1 aliphatic carbocycles. The Labute approximate surface area is 506 Å². The molecule has 1 unspecified atom stereocenters. The number of nitro benzene ring substituents is 1. The third kappa shape index (κ3) is 24.9. The van der Waals surface area contributed by atoms with Crippen LogP contribution in [0, 0.1) is 10.1 Å². The molecule has 1 amide bonds. The van der Waals surface area contributed by atoms with Gasteiger partial charge in [-0.3, -0.25) is 33.5 Å². The van der Waals surface area contributed by atoms with Crippen LogP contribution in [0.3, 0.4) is 0 Å². The number of aliphatic hydroxyl groups is 9. The van der Waals surface area contributed by atoms with Crippen molar-refractivity contribution in [2.45, 2.75) is 272 Å². The predicted octanol–water partition coefficient (Wildman–Crippen LogP) is 4.07. The highest BCUT2D eigenvalue weighted by molar-refractivity contribution is 7.47. The Morgan fingerprint density at radius 2 is 1.17 bits per heavy atom. The summed E-state index contributed by atoms with van der Waals surface area (Å²) < 4.78 is 58.7. The van der Waals surface area contributed by atoms with Gasteiger partial charge in [0.1, 0.15) is 91.5 Å². The van der Waals surface area contributed by atoms with Crippen LogP contribution in [-0.4, -0.2) is 204 Å². The van der Waals surface area contributed by atoms with E-state index in [9.17, 15) is 79.9 Å². The standard InChI is InChI=1S/C56H95N6O24P/c1-3-5-7-9-11-13-15-17-19-21-23-25-40(64)79-32-35(81-41(65)26-24-22-20-18-16-14-12-10-8-6-4-2)33-80-87(77,78)86-53-49(72)47(70)46(69)48(71)52(53)85-55-42(57)44(67)51(84-56-50(73)45(68)43(66)39(31-63)83-56)38(82-55)30-59-54(74)36-29-34(60-61-58)27-28-37(36)62(75)76/h27-29,35,38-39,42-53,55-56,63,66-73H,3-26,30-33,57H2,1-2H3,(H,59,74)(H,77,78)/t35-,38-,39-,42-,43-,44-,45+,46-,47-,48+,49-,50+,51-,52-,53-,55-,56-/m1/s1. The van der Waals surface area contributed by atoms with Crippen molar-refractivity contribution >= 4 is 37.0 Å². The van der Waals surface area contributed by atoms with Crippen LogP contribution in [0.5, 0.6) is 0 Å². The van der Waals surface area contributed by atoms with E-state index in [0.29, 0.717) is 12.8 Å². The largest absolute Gasteiger partial charge is 0.472 e. The Bertz CT molecular complexity index is 2310. The van der Waals surface area contributed by atoms with Crippen molar-refractivity contribution in [1.29, 1.82) is 0 Å². The topological polar surface area (TPSA) is 474 Å². The summed E-state index contributed by atoms with van der Waals surface area (Å²) in [5.41, 5.74) is 13.7. The summed E-state index contributed by atoms with van der Waals surface area (Å²) in [7, 11) is -5.59. The van der Waals surface area contributed by atoms with Crippen molar-refractivity contribution < 1.29 is 112 Å². The molecule has 2 heterocycles. The number of azide groups is 1. The number of esters is 2. The van der Waals surface area contributed by atoms with Gasteiger partial charge in [0.25, 0.3) is 11.6 Å². The minimum absolute atomic E-state index is 0.0396. The van der Waals surface area contributed by atoms with E-state index in [1.165, 1.54) is 64.2 Å². The molecule has 0 aromatic heterocycles. The molecule has 2 saturated heterocycles. The molecule has 1 aromatic carbocycles. The number of phosphoric ester groups is 1. The van der Waals surface area contributed by atoms with Gasteiger partial charge < -0.3 is 90.3 Å². The number of hydrogen-bond acceptors (Lipinski definition) is 25. The Hall–Kier alpha value is -4.11. The van der Waals surface area contributed by atoms with Crippen LogP contribution >= 0.6 is 7.82 Å². The normalized spacial score (nSPS) is 29.3. The smallest absolute Gasteiger partial charge is 0.462 e. The van der Waals surface area contributed by atoms with Gasteiger partial charge >= 0.3 is 19.8 Å². The van der Waals surface area contributed by atoms with Crippen LogP contribution in [0.1, 0.15) is 178 Å². The fourth-order valence-corrected chi connectivity index (χ4v) is 11.4. The second-order valence-corrected chi connectivity index (χ2v) is 23.9. The number of phosphoric acid groups is 1. The first-order valence-corrected chi connectivity index (χ1v) is 32.1. The highest BCUT2D eigenvalue weighted by atomic mass is 31.2. The molecule has 1 aromatic rings. The maximum Gasteiger partial charge on any atom is 0.472 e. The molecule has 1 saturated carbocycles. The zero-order valence-electron chi connectivity index (χ0n) is 49.8. The Morgan fingerprint density at radius 1 is 0.678 bits per heavy atom. The van der Waals surface area contributed by atoms with E-state index < -0.39 is 172 Å². The predicted molar refractivity (Wildman–Crippen MR) is 308 cm³/mol. The minimum Gasteiger partial charge on any atom is -0.462 e. The highest BCUT2D eigenvalue weighted by Gasteiger charge is 2.56. The van der Waals surface area contributed by atoms with Crippen LogP contribution in [0.4, 0.5) is 11.4 Å². The van der Waals surface area contributed by atoms with E-state index in [0.717, 1.165) is 82.4 Å². The summed E-state index contributed by atoms with van der Waals surface area (Å²) in [4.78, 5) is 64.5. The summed E-state index contributed by atoms with van der Waals surface area (Å²) in [6, 6.07) is 0.931. The zero-order valence-corrected chi connectivity index (χ0v) is 50.7. The van der Waals surface area contributed by atoms with E-state index in [4.69, 9.17) is 48.7 Å². The number of rotatable bonds is 42. The van der Waals surface area contributed by atoms with Gasteiger partial charge in [0.15, 0.2) is 18.7 Å². The third-order valence-electron chi connectivity index (χ3n) is 15.6. The maximum atomic E-state index is 13.9. The molecule has 3 aliphatic rings. The number of benzene rings is 1. The first-order chi connectivity index (χ1) is 41.6. The van der Waals surface area contributed by atoms with Gasteiger partial charge in [0, 0.05) is 36.1 Å². The number of carbonyl (C=O) groups is 3. The van der Waals surface area contributed by atoms with E-state index >= 15 is 0 Å². The van der Waals surface area contributed by atoms with Crippen molar-refractivity contribution in [3.63, 3.8) is 0 Å². The summed E-state index contributed by atoms with van der Waals surface area (Å²) in [6.45, 7) is 1.03. The number of carbonyl (C=O) groups excluding carboxylic acids is 3. The summed E-state index contributed by atoms with van der Waals surface area (Å²) >= 11 is 0. The first kappa shape index (κ1) is 75.3. The molecule has 0 radical (unpaired) electrons. The van der Waals surface area contributed by atoms with Crippen LogP contribution in [0.15, 0.2) is 23.3 Å². The third-order valence-corrected chi connectivity index (χ3v) is 16.6. The van der Waals surface area contributed by atoms with Crippen molar-refractivity contribution in [2.24, 2.45) is 10.8 Å². The molecule has 498 valence electrons. The average molecular weight is 1270 g/mol. The number of hydrogen-bond donors (Lipinski definition) is 12. The van der Waals surface area contributed by atoms with Crippen LogP contribution in [-0.2, 0) is 51.6 Å². The fraction of sp³-hybridized carbons (Fsp3) is 0.839. The minimum atomic E-state index is -5.59. The lowest BCUT2D eigenvalue weighted by molar-refractivity contribution is -0.385. The fourth-order valence-electron chi connectivity index (χ4n) is 10.5. The van der Waals surface area contributed by atoms with Crippen LogP contribution in [0.2, 0.25) is 0 Å². The molecule has 30 nitrogen and oxygen atoms in total. The zero-order chi connectivity index (χ0) is 64.1. The molecular formula is C56H95N6O24P. The lowest BCUT2D eigenvalue weighted by Gasteiger charge is -2.49. The molecule has 13 N–H and O–H groups in total. The molecule has 0 spiro atoms. The number of unbranched alkanes of at least 4 members (excludes halogenated alkanes) is 20. The Balaban J connectivity index is 1.51. The second-order valence-electron chi connectivity index (χ2n) is 22.5. The number of nitro groups is 1. The molecule has 3 fully saturated rings. The number of nitrogens with zero attached hydrogens (tertiary/aromatic N) is 4. The van der Waals surface area contributed by atoms with Gasteiger partial charge in [-0.15, -0.1) is 0 Å². The summed E-state index contributed by atoms with van der Waals surface area (Å²) in [6.07, 6.45) is -9.95. The van der Waals surface area contributed by atoms with Gasteiger partial charge in [0.05, 0.1) is 24.2 Å². The molecule has 18 atom stereocenters. The first-order valence-electron chi connectivity index (χ1n) is 30.6. The molecular weight excluding hydrogens is 1170 g/mol. The van der Waals surface area contributed by atoms with Crippen molar-refractivity contribution in [3.8, 4) is 0 Å². The monoisotopic (exact) mass is 1270 g/mol. The maximum absolute atomic E-state index is 13.9. The lowest BCUT2D eigenvalue weighted by atomic mass is 9.84. The number of amides is 1. The van der Waals surface area contributed by atoms with Gasteiger partial charge in [-0.1, -0.05) is 147 Å². The molecule has 4 rings (SSSR count). The summed E-state index contributed by atoms with van der Waals surface area (Å²) in [5.74, 6) is -2.56. The van der Waals surface area contributed by atoms with Crippen LogP contribution in [0.25, 0.3) is 10.4 Å². The second kappa shape index (κ2) is 39.9. The Morgan fingerprint density at radius 3 is 1.70 bits per heavy atom. The van der Waals surface area contributed by atoms with E-state index in [-0.39, 0.29) is 18.5 Å². The van der Waals surface area contributed by atoms with Gasteiger partial charge in [-0.25, -0.2) is 4.57 Å². The van der Waals surface area contributed by atoms with E-state index in [2.05, 4.69) is 29.2 Å². The molecule has 0 bridgehead atoms. The van der Waals surface area contributed by atoms with Crippen molar-refractivity contribution in [1.82, 2.24) is 5.32 Å². The van der Waals surface area contributed by atoms with Crippen molar-refractivity contribution in [3.05, 3.63) is 44.3 Å². The van der Waals surface area contributed by atoms with E-state index in [1.54, 1.807) is 0 Å². The van der Waals surface area contributed by atoms with Crippen LogP contribution < -0.4 is 11.1 Å². The summed E-state index contributed by atoms with van der Waals surface area (Å²) in [5, 5.41) is 115. The number of ether oxygens (including phenoxy) is 6. The quantitative estimate of drug-likeness (QED) is 0.00641. The highest BCUT2D eigenvalue weighted by Crippen LogP contribution is 2.48. The molecule has 87 heavy (non-hydrogen) atoms. The Kier molecular flexibility index (Phi) is 34.6. The van der Waals surface area contributed by atoms with Gasteiger partial charge in [0.2, 0.25) is 0 Å². The molecule has 31 heteroatoms. The van der Waals surface area contributed by atoms with Gasteiger partial charge in [-0.05, 0) is 30.5 Å². The average Bonchev–Trinajstić information content (AvgIpc) is 1.69. The number of aliphatic hydroxyl groups excluding tert-OH is 9. The van der Waals surface area contributed by atoms with Crippen molar-refractivity contribution in [2.75, 3.05) is 26.4 Å². The lowest BCUT2D eigenvalue weighted by Crippen LogP contribution is -2.70. The molecule has 2 aliphatic heterocycles. The van der Waals surface area contributed by atoms with Gasteiger partial charge in [-0.2, -0.15) is 0 Å². The number of nitrogens with two attached hydrogens (primary N) is 1. The number of nitrogens with one attached hydrogen (secondary N) is 1. The SMILES string of the molecule is CCCCCCCCCCCCCC(=O)OC[C@H](COP(=O)(O)O[C@@H]1[C@H](O)[C@H](O)[C@@H](O)[C@H](O)[C@H]1O[C@H]1O[C@H](CNC(=O)c2cc(N=[N+]=[N-])ccc2[N+](=O)[O-])[C@@H](O[C@H]2O[C@H](CO)[C@@H](O)[C@H](O)[C@@H]2O)[C@H](O)[C@H]1N)OC(=O)CCCCCCCCCCCCC. The van der Waals surface area contributed by atoms with E-state index in [1.807, 2.05) is 0 Å².